The topological polar surface area (TPSA) is 39.4 Å². The summed E-state index contributed by atoms with van der Waals surface area (Å²) in [6.45, 7) is 2.16. The Balaban J connectivity index is 2.10. The van der Waals surface area contributed by atoms with Crippen LogP contribution < -0.4 is 10.4 Å². The Bertz CT molecular complexity index is 877. The average molecular weight is 334 g/mol. The molecular formula is C22H22O3. The van der Waals surface area contributed by atoms with Gasteiger partial charge in [0.25, 0.3) is 0 Å². The van der Waals surface area contributed by atoms with Gasteiger partial charge in [0, 0.05) is 5.56 Å². The van der Waals surface area contributed by atoms with Gasteiger partial charge >= 0.3 is 5.63 Å². The van der Waals surface area contributed by atoms with E-state index in [0.717, 1.165) is 41.7 Å². The third-order valence-corrected chi connectivity index (χ3v) is 4.26. The van der Waals surface area contributed by atoms with Gasteiger partial charge in [-0.2, -0.15) is 0 Å². The van der Waals surface area contributed by atoms with Gasteiger partial charge in [0.05, 0.1) is 12.7 Å². The van der Waals surface area contributed by atoms with Crippen molar-refractivity contribution in [3.05, 3.63) is 76.6 Å². The zero-order valence-electron chi connectivity index (χ0n) is 14.6. The summed E-state index contributed by atoms with van der Waals surface area (Å²) in [5.41, 5.74) is 3.14. The van der Waals surface area contributed by atoms with Crippen molar-refractivity contribution in [3.63, 3.8) is 0 Å². The van der Waals surface area contributed by atoms with Crippen molar-refractivity contribution in [2.24, 2.45) is 0 Å². The lowest BCUT2D eigenvalue weighted by atomic mass is 9.99. The molecule has 0 saturated heterocycles. The maximum atomic E-state index is 12.6. The van der Waals surface area contributed by atoms with Gasteiger partial charge in [-0.15, -0.1) is 0 Å². The summed E-state index contributed by atoms with van der Waals surface area (Å²) < 4.78 is 11.0. The molecular weight excluding hydrogens is 312 g/mol. The fraction of sp³-hybridized carbons (Fsp3) is 0.227. The number of hydrogen-bond acceptors (Lipinski definition) is 3. The largest absolute Gasteiger partial charge is 0.497 e. The quantitative estimate of drug-likeness (QED) is 0.612. The van der Waals surface area contributed by atoms with Gasteiger partial charge in [-0.3, -0.25) is 0 Å². The van der Waals surface area contributed by atoms with Gasteiger partial charge in [0.15, 0.2) is 0 Å². The summed E-state index contributed by atoms with van der Waals surface area (Å²) in [5, 5.41) is 0. The van der Waals surface area contributed by atoms with Gasteiger partial charge in [0.1, 0.15) is 11.5 Å². The van der Waals surface area contributed by atoms with Crippen LogP contribution in [0.4, 0.5) is 0 Å². The molecule has 0 aliphatic rings. The summed E-state index contributed by atoms with van der Waals surface area (Å²) in [6.07, 6.45) is 3.01. The fourth-order valence-corrected chi connectivity index (χ4v) is 2.87. The number of hydrogen-bond donors (Lipinski definition) is 0. The zero-order valence-corrected chi connectivity index (χ0v) is 14.6. The minimum atomic E-state index is -0.308. The Morgan fingerprint density at radius 3 is 2.32 bits per heavy atom. The molecule has 3 rings (SSSR count). The lowest BCUT2D eigenvalue weighted by molar-refractivity contribution is 0.415. The first-order chi connectivity index (χ1) is 12.2. The van der Waals surface area contributed by atoms with Crippen molar-refractivity contribution in [3.8, 4) is 28.2 Å². The van der Waals surface area contributed by atoms with Crippen LogP contribution in [0.2, 0.25) is 0 Å². The lowest BCUT2D eigenvalue weighted by Crippen LogP contribution is -2.06. The highest BCUT2D eigenvalue weighted by Gasteiger charge is 2.14. The van der Waals surface area contributed by atoms with Crippen molar-refractivity contribution >= 4 is 0 Å². The van der Waals surface area contributed by atoms with Crippen molar-refractivity contribution in [2.75, 3.05) is 7.11 Å². The lowest BCUT2D eigenvalue weighted by Gasteiger charge is -2.11. The maximum Gasteiger partial charge on any atom is 0.344 e. The van der Waals surface area contributed by atoms with Crippen molar-refractivity contribution < 1.29 is 9.15 Å². The number of benzene rings is 2. The molecule has 0 spiro atoms. The van der Waals surface area contributed by atoms with E-state index in [2.05, 4.69) is 6.92 Å². The van der Waals surface area contributed by atoms with Crippen molar-refractivity contribution in [1.29, 1.82) is 0 Å². The first kappa shape index (κ1) is 17.0. The Kier molecular flexibility index (Phi) is 5.34. The molecule has 0 aliphatic heterocycles. The summed E-state index contributed by atoms with van der Waals surface area (Å²) in [5.74, 6) is 1.43. The number of ether oxygens (including phenoxy) is 1. The molecule has 25 heavy (non-hydrogen) atoms. The highest BCUT2D eigenvalue weighted by molar-refractivity contribution is 5.68. The summed E-state index contributed by atoms with van der Waals surface area (Å²) >= 11 is 0. The molecule has 0 aliphatic carbocycles. The van der Waals surface area contributed by atoms with E-state index in [-0.39, 0.29) is 5.63 Å². The Labute approximate surface area is 147 Å². The second kappa shape index (κ2) is 7.84. The van der Waals surface area contributed by atoms with E-state index >= 15 is 0 Å². The van der Waals surface area contributed by atoms with Crippen LogP contribution in [-0.2, 0) is 6.42 Å². The maximum absolute atomic E-state index is 12.6. The third kappa shape index (κ3) is 3.82. The van der Waals surface area contributed by atoms with Crippen molar-refractivity contribution in [2.45, 2.75) is 26.2 Å². The number of methoxy groups -OCH3 is 1. The molecule has 2 aromatic carbocycles. The standard InChI is InChI=1S/C22H22O3/c1-3-4-8-18-15-20(16-9-6-5-7-10-16)22(23)25-21(18)17-11-13-19(24-2)14-12-17/h5-7,9-15H,3-4,8H2,1-2H3. The average Bonchev–Trinajstić information content (AvgIpc) is 2.67. The van der Waals surface area contributed by atoms with Crippen molar-refractivity contribution in [1.82, 2.24) is 0 Å². The van der Waals surface area contributed by atoms with E-state index in [1.165, 1.54) is 0 Å². The smallest absolute Gasteiger partial charge is 0.344 e. The zero-order chi connectivity index (χ0) is 17.6. The normalized spacial score (nSPS) is 10.6. The minimum Gasteiger partial charge on any atom is -0.497 e. The Hall–Kier alpha value is -2.81. The molecule has 0 unspecified atom stereocenters. The van der Waals surface area contributed by atoms with E-state index in [9.17, 15) is 4.79 Å². The van der Waals surface area contributed by atoms with E-state index in [4.69, 9.17) is 9.15 Å². The Morgan fingerprint density at radius 2 is 1.68 bits per heavy atom. The fourth-order valence-electron chi connectivity index (χ4n) is 2.87. The van der Waals surface area contributed by atoms with E-state index in [1.54, 1.807) is 7.11 Å². The monoisotopic (exact) mass is 334 g/mol. The molecule has 3 heteroatoms. The molecule has 0 radical (unpaired) electrons. The van der Waals surface area contributed by atoms with Crippen LogP contribution >= 0.6 is 0 Å². The second-order valence-corrected chi connectivity index (χ2v) is 6.00. The van der Waals surface area contributed by atoms with Gasteiger partial charge in [-0.25, -0.2) is 4.79 Å². The SMILES string of the molecule is CCCCc1cc(-c2ccccc2)c(=O)oc1-c1ccc(OC)cc1. The van der Waals surface area contributed by atoms with Gasteiger partial charge in [-0.1, -0.05) is 43.7 Å². The van der Waals surface area contributed by atoms with E-state index < -0.39 is 0 Å². The second-order valence-electron chi connectivity index (χ2n) is 6.00. The first-order valence-electron chi connectivity index (χ1n) is 8.59. The molecule has 128 valence electrons. The van der Waals surface area contributed by atoms with Crippen LogP contribution in [0.3, 0.4) is 0 Å². The first-order valence-corrected chi connectivity index (χ1v) is 8.59. The van der Waals surface area contributed by atoms with Crippen LogP contribution in [0, 0.1) is 0 Å². The molecule has 1 heterocycles. The third-order valence-electron chi connectivity index (χ3n) is 4.26. The van der Waals surface area contributed by atoms with E-state index in [1.807, 2.05) is 60.7 Å². The minimum absolute atomic E-state index is 0.308. The van der Waals surface area contributed by atoms with Crippen LogP contribution in [0.15, 0.2) is 69.9 Å². The molecule has 0 saturated carbocycles. The molecule has 0 N–H and O–H groups in total. The van der Waals surface area contributed by atoms with Crippen LogP contribution in [-0.4, -0.2) is 7.11 Å². The molecule has 0 fully saturated rings. The van der Waals surface area contributed by atoms with Crippen LogP contribution in [0.25, 0.3) is 22.5 Å². The summed E-state index contributed by atoms with van der Waals surface area (Å²) in [7, 11) is 1.64. The molecule has 3 nitrogen and oxygen atoms in total. The summed E-state index contributed by atoms with van der Waals surface area (Å²) in [6, 6.07) is 19.3. The van der Waals surface area contributed by atoms with E-state index in [0.29, 0.717) is 11.3 Å². The highest BCUT2D eigenvalue weighted by atomic mass is 16.5. The predicted octanol–water partition coefficient (Wildman–Crippen LogP) is 5.33. The van der Waals surface area contributed by atoms with Gasteiger partial charge in [0.2, 0.25) is 0 Å². The van der Waals surface area contributed by atoms with Gasteiger partial charge in [-0.05, 0) is 54.3 Å². The van der Waals surface area contributed by atoms with Crippen LogP contribution in [0.5, 0.6) is 5.75 Å². The number of rotatable bonds is 6. The molecule has 3 aromatic rings. The number of unbranched alkanes of at least 4 members (excludes halogenated alkanes) is 1. The molecule has 1 aromatic heterocycles. The number of aryl methyl sites for hydroxylation is 1. The molecule has 0 amide bonds. The molecule has 0 bridgehead atoms. The molecule has 0 atom stereocenters. The van der Waals surface area contributed by atoms with Crippen LogP contribution in [0.1, 0.15) is 25.3 Å². The summed E-state index contributed by atoms with van der Waals surface area (Å²) in [4.78, 5) is 12.6. The van der Waals surface area contributed by atoms with Gasteiger partial charge < -0.3 is 9.15 Å². The predicted molar refractivity (Wildman–Crippen MR) is 101 cm³/mol. The highest BCUT2D eigenvalue weighted by Crippen LogP contribution is 2.29. The Morgan fingerprint density at radius 1 is 0.960 bits per heavy atom.